The summed E-state index contributed by atoms with van der Waals surface area (Å²) in [6.45, 7) is 4.90. The Morgan fingerprint density at radius 2 is 1.72 bits per heavy atom. The maximum atomic E-state index is 12.6. The molecular weight excluding hydrogens is 458 g/mol. The number of piperidine rings is 1. The Kier molecular flexibility index (Phi) is 9.62. The van der Waals surface area contributed by atoms with E-state index >= 15 is 0 Å². The average Bonchev–Trinajstić information content (AvgIpc) is 2.90. The van der Waals surface area contributed by atoms with Crippen LogP contribution < -0.4 is 10.2 Å². The summed E-state index contributed by atoms with van der Waals surface area (Å²) in [4.78, 5) is 15.0. The largest absolute Gasteiger partial charge is 0.391 e. The summed E-state index contributed by atoms with van der Waals surface area (Å²) in [5.74, 6) is -0.629. The van der Waals surface area contributed by atoms with Gasteiger partial charge in [-0.25, -0.2) is 0 Å². The van der Waals surface area contributed by atoms with Crippen molar-refractivity contribution < 1.29 is 25.2 Å². The normalized spacial score (nSPS) is 18.3. The molecular formula is C28H35N3O5. The number of anilines is 1. The fourth-order valence-electron chi connectivity index (χ4n) is 4.35. The molecule has 1 saturated heterocycles. The van der Waals surface area contributed by atoms with Crippen molar-refractivity contribution in [3.63, 3.8) is 0 Å². The fraction of sp³-hybridized carbons (Fsp3) is 0.429. The standard InChI is InChI=1S/C28H35N3O5/c1-3-20(26(34)27(35)25(33)18(2)32)17-30-28(36)23(16-29)14-19-7-8-22-15-24(10-9-21(22)13-19)31-11-5-4-6-12-31/h3,7-10,13-15,18,25-27,32-35H,4-6,11-12,17H2,1-2H3,(H,30,36)/b20-3-,23-14+/t18?,25-,26+,27+/m0/s1. The van der Waals surface area contributed by atoms with Crippen molar-refractivity contribution in [2.24, 2.45) is 0 Å². The topological polar surface area (TPSA) is 137 Å². The first-order chi connectivity index (χ1) is 17.2. The lowest BCUT2D eigenvalue weighted by atomic mass is 9.97. The van der Waals surface area contributed by atoms with E-state index in [9.17, 15) is 30.5 Å². The van der Waals surface area contributed by atoms with Gasteiger partial charge in [0, 0.05) is 25.3 Å². The van der Waals surface area contributed by atoms with Crippen molar-refractivity contribution in [3.8, 4) is 6.07 Å². The van der Waals surface area contributed by atoms with E-state index in [1.54, 1.807) is 6.92 Å². The van der Waals surface area contributed by atoms with E-state index in [1.807, 2.05) is 24.3 Å². The number of carbonyl (C=O) groups is 1. The Morgan fingerprint density at radius 3 is 2.36 bits per heavy atom. The molecule has 1 amide bonds. The predicted octanol–water partition coefficient (Wildman–Crippen LogP) is 2.26. The zero-order valence-corrected chi connectivity index (χ0v) is 20.8. The van der Waals surface area contributed by atoms with Gasteiger partial charge in [0.1, 0.15) is 30.0 Å². The van der Waals surface area contributed by atoms with Crippen LogP contribution in [0.2, 0.25) is 0 Å². The molecule has 4 atom stereocenters. The molecule has 0 radical (unpaired) electrons. The third-order valence-electron chi connectivity index (χ3n) is 6.62. The number of allylic oxidation sites excluding steroid dienone is 1. The second-order valence-electron chi connectivity index (χ2n) is 9.22. The molecule has 5 N–H and O–H groups in total. The number of hydrogen-bond donors (Lipinski definition) is 5. The summed E-state index contributed by atoms with van der Waals surface area (Å²) < 4.78 is 0. The summed E-state index contributed by atoms with van der Waals surface area (Å²) >= 11 is 0. The molecule has 0 bridgehead atoms. The predicted molar refractivity (Wildman–Crippen MR) is 140 cm³/mol. The number of nitriles is 1. The number of amides is 1. The van der Waals surface area contributed by atoms with Gasteiger partial charge in [0.25, 0.3) is 5.91 Å². The highest BCUT2D eigenvalue weighted by atomic mass is 16.4. The Hall–Kier alpha value is -3.22. The van der Waals surface area contributed by atoms with E-state index in [4.69, 9.17) is 0 Å². The van der Waals surface area contributed by atoms with Crippen molar-refractivity contribution in [2.75, 3.05) is 24.5 Å². The van der Waals surface area contributed by atoms with Gasteiger partial charge in [0.2, 0.25) is 0 Å². The minimum absolute atomic E-state index is 0.103. The van der Waals surface area contributed by atoms with Crippen LogP contribution in [0.4, 0.5) is 5.69 Å². The lowest BCUT2D eigenvalue weighted by Gasteiger charge is -2.29. The lowest BCUT2D eigenvalue weighted by Crippen LogP contribution is -2.45. The molecule has 36 heavy (non-hydrogen) atoms. The van der Waals surface area contributed by atoms with Crippen LogP contribution >= 0.6 is 0 Å². The number of carbonyl (C=O) groups excluding carboxylic acids is 1. The minimum Gasteiger partial charge on any atom is -0.391 e. The fourth-order valence-corrected chi connectivity index (χ4v) is 4.35. The van der Waals surface area contributed by atoms with Crippen molar-refractivity contribution in [2.45, 2.75) is 57.5 Å². The van der Waals surface area contributed by atoms with Crippen LogP contribution in [0, 0.1) is 11.3 Å². The number of aliphatic hydroxyl groups excluding tert-OH is 4. The third kappa shape index (κ3) is 6.71. The third-order valence-corrected chi connectivity index (χ3v) is 6.62. The van der Waals surface area contributed by atoms with E-state index in [1.165, 1.54) is 44.0 Å². The maximum absolute atomic E-state index is 12.6. The molecule has 1 unspecified atom stereocenters. The summed E-state index contributed by atoms with van der Waals surface area (Å²) in [6.07, 6.45) is 0.777. The highest BCUT2D eigenvalue weighted by Gasteiger charge is 2.30. The van der Waals surface area contributed by atoms with Crippen LogP contribution in [0.25, 0.3) is 16.8 Å². The first-order valence-electron chi connectivity index (χ1n) is 12.3. The van der Waals surface area contributed by atoms with Gasteiger partial charge in [-0.3, -0.25) is 4.79 Å². The van der Waals surface area contributed by atoms with Crippen LogP contribution in [-0.4, -0.2) is 70.4 Å². The first kappa shape index (κ1) is 27.4. The molecule has 2 aromatic rings. The molecule has 1 fully saturated rings. The molecule has 192 valence electrons. The number of fused-ring (bicyclic) bond motifs is 1. The van der Waals surface area contributed by atoms with Gasteiger partial charge in [-0.15, -0.1) is 0 Å². The van der Waals surface area contributed by atoms with Gasteiger partial charge in [0.15, 0.2) is 0 Å². The summed E-state index contributed by atoms with van der Waals surface area (Å²) in [5, 5.41) is 53.9. The van der Waals surface area contributed by atoms with Crippen LogP contribution in [0.15, 0.2) is 53.6 Å². The van der Waals surface area contributed by atoms with E-state index in [0.29, 0.717) is 5.56 Å². The minimum atomic E-state index is -1.63. The monoisotopic (exact) mass is 493 g/mol. The Bertz CT molecular complexity index is 1160. The molecule has 0 aromatic heterocycles. The van der Waals surface area contributed by atoms with Crippen LogP contribution in [0.5, 0.6) is 0 Å². The van der Waals surface area contributed by atoms with Gasteiger partial charge in [-0.2, -0.15) is 5.26 Å². The van der Waals surface area contributed by atoms with Gasteiger partial charge in [-0.05, 0) is 79.3 Å². The number of nitrogens with one attached hydrogen (secondary N) is 1. The molecule has 0 saturated carbocycles. The van der Waals surface area contributed by atoms with Crippen LogP contribution in [0.1, 0.15) is 38.7 Å². The Morgan fingerprint density at radius 1 is 1.06 bits per heavy atom. The molecule has 8 heteroatoms. The molecule has 0 aliphatic carbocycles. The number of benzene rings is 2. The van der Waals surface area contributed by atoms with Gasteiger partial charge in [-0.1, -0.05) is 24.3 Å². The number of nitrogens with zero attached hydrogens (tertiary/aromatic N) is 2. The van der Waals surface area contributed by atoms with Crippen molar-refractivity contribution >= 4 is 28.4 Å². The van der Waals surface area contributed by atoms with Crippen molar-refractivity contribution in [1.29, 1.82) is 5.26 Å². The molecule has 3 rings (SSSR count). The molecule has 1 aliphatic rings. The zero-order chi connectivity index (χ0) is 26.2. The number of hydrogen-bond acceptors (Lipinski definition) is 7. The second-order valence-corrected chi connectivity index (χ2v) is 9.22. The van der Waals surface area contributed by atoms with Crippen LogP contribution in [0.3, 0.4) is 0 Å². The summed E-state index contributed by atoms with van der Waals surface area (Å²) in [6, 6.07) is 14.0. The van der Waals surface area contributed by atoms with Gasteiger partial charge >= 0.3 is 0 Å². The summed E-state index contributed by atoms with van der Waals surface area (Å²) in [7, 11) is 0. The van der Waals surface area contributed by atoms with E-state index in [2.05, 4.69) is 28.4 Å². The van der Waals surface area contributed by atoms with Crippen LogP contribution in [-0.2, 0) is 4.79 Å². The second kappa shape index (κ2) is 12.7. The molecule has 8 nitrogen and oxygen atoms in total. The highest BCUT2D eigenvalue weighted by molar-refractivity contribution is 6.02. The van der Waals surface area contributed by atoms with Gasteiger partial charge in [0.05, 0.1) is 6.10 Å². The van der Waals surface area contributed by atoms with Gasteiger partial charge < -0.3 is 30.6 Å². The maximum Gasteiger partial charge on any atom is 0.262 e. The Labute approximate surface area is 211 Å². The van der Waals surface area contributed by atoms with E-state index < -0.39 is 30.3 Å². The van der Waals surface area contributed by atoms with Crippen molar-refractivity contribution in [1.82, 2.24) is 5.32 Å². The number of rotatable bonds is 9. The molecule has 2 aromatic carbocycles. The first-order valence-corrected chi connectivity index (χ1v) is 12.3. The average molecular weight is 494 g/mol. The molecule has 0 spiro atoms. The quantitative estimate of drug-likeness (QED) is 0.205. The Balaban J connectivity index is 1.69. The number of aliphatic hydroxyl groups is 4. The smallest absolute Gasteiger partial charge is 0.262 e. The molecule has 1 aliphatic heterocycles. The lowest BCUT2D eigenvalue weighted by molar-refractivity contribution is -0.117. The van der Waals surface area contributed by atoms with Crippen molar-refractivity contribution in [3.05, 3.63) is 59.2 Å². The molecule has 1 heterocycles. The highest BCUT2D eigenvalue weighted by Crippen LogP contribution is 2.26. The van der Waals surface area contributed by atoms with E-state index in [-0.39, 0.29) is 17.7 Å². The summed E-state index contributed by atoms with van der Waals surface area (Å²) in [5.41, 5.74) is 2.05. The SMILES string of the molecule is C/C=C(/CNC(=O)/C(C#N)=C/c1ccc2cc(N3CCCCC3)ccc2c1)[C@@H](O)[C@H](O)[C@@H](O)C(C)O. The zero-order valence-electron chi connectivity index (χ0n) is 20.8. The van der Waals surface area contributed by atoms with E-state index in [0.717, 1.165) is 23.9 Å².